The van der Waals surface area contributed by atoms with Crippen molar-refractivity contribution in [2.24, 2.45) is 0 Å². The van der Waals surface area contributed by atoms with Crippen molar-refractivity contribution < 1.29 is 14.1 Å². The van der Waals surface area contributed by atoms with Gasteiger partial charge < -0.3 is 5.11 Å². The molecule has 4 aromatic carbocycles. The maximum atomic E-state index is 12.2. The molecule has 3 nitrogen and oxygen atoms in total. The first-order valence-electron chi connectivity index (χ1n) is 10.0. The zero-order valence-electron chi connectivity index (χ0n) is 17.6. The van der Waals surface area contributed by atoms with E-state index in [0.717, 1.165) is 26.5 Å². The summed E-state index contributed by atoms with van der Waals surface area (Å²) in [6.45, 7) is 1.08. The van der Waals surface area contributed by atoms with Crippen molar-refractivity contribution in [2.75, 3.05) is 0 Å². The lowest BCUT2D eigenvalue weighted by Gasteiger charge is -2.17. The van der Waals surface area contributed by atoms with Crippen LogP contribution in [-0.4, -0.2) is 15.3 Å². The van der Waals surface area contributed by atoms with E-state index in [1.165, 1.54) is 19.6 Å². The van der Waals surface area contributed by atoms with Gasteiger partial charge in [-0.15, -0.1) is 0 Å². The number of fused-ring (bicyclic) bond motifs is 4. The Morgan fingerprint density at radius 2 is 0.818 bits per heavy atom. The van der Waals surface area contributed by atoms with Crippen LogP contribution in [0.15, 0.2) is 136 Å². The lowest BCUT2D eigenvalue weighted by molar-refractivity contribution is -0.134. The van der Waals surface area contributed by atoms with Crippen molar-refractivity contribution in [3.05, 3.63) is 97.1 Å². The summed E-state index contributed by atoms with van der Waals surface area (Å²) >= 11 is 5.42. The quantitative estimate of drug-likeness (QED) is 0.227. The molecular formula is C26H20O3S4. The summed E-state index contributed by atoms with van der Waals surface area (Å²) in [7, 11) is -1.01. The number of carboxylic acid groups (broad SMARTS) is 1. The molecule has 1 N–H and O–H groups in total. The second kappa shape index (κ2) is 11.1. The summed E-state index contributed by atoms with van der Waals surface area (Å²) in [4.78, 5) is 18.6. The van der Waals surface area contributed by atoms with Crippen LogP contribution in [-0.2, 0) is 15.6 Å². The van der Waals surface area contributed by atoms with Crippen LogP contribution in [0.3, 0.4) is 0 Å². The van der Waals surface area contributed by atoms with Crippen LogP contribution in [0.2, 0.25) is 0 Å². The predicted molar refractivity (Wildman–Crippen MR) is 136 cm³/mol. The van der Waals surface area contributed by atoms with Gasteiger partial charge in [-0.2, -0.15) is 0 Å². The lowest BCUT2D eigenvalue weighted by atomic mass is 10.3. The van der Waals surface area contributed by atoms with Gasteiger partial charge in [0.1, 0.15) is 0 Å². The highest BCUT2D eigenvalue weighted by Gasteiger charge is 2.21. The maximum Gasteiger partial charge on any atom is 0.300 e. The minimum absolute atomic E-state index is 0.833. The monoisotopic (exact) mass is 508 g/mol. The molecule has 0 fully saturated rings. The second-order valence-corrected chi connectivity index (χ2v) is 11.5. The number of carboxylic acids is 1. The third-order valence-electron chi connectivity index (χ3n) is 4.46. The van der Waals surface area contributed by atoms with Crippen LogP contribution in [0.1, 0.15) is 6.92 Å². The molecule has 0 unspecified atom stereocenters. The Balaban J connectivity index is 0.000000136. The van der Waals surface area contributed by atoms with E-state index in [-0.39, 0.29) is 0 Å². The highest BCUT2D eigenvalue weighted by atomic mass is 32.2. The summed E-state index contributed by atoms with van der Waals surface area (Å²) in [6, 6.07) is 32.9. The minimum atomic E-state index is -1.01. The molecule has 0 radical (unpaired) electrons. The number of carbonyl (C=O) groups is 1. The smallest absolute Gasteiger partial charge is 0.300 e. The third-order valence-corrected chi connectivity index (χ3v) is 9.94. The van der Waals surface area contributed by atoms with Crippen LogP contribution in [0, 0.1) is 0 Å². The van der Waals surface area contributed by atoms with Crippen molar-refractivity contribution in [1.29, 1.82) is 0 Å². The average molecular weight is 509 g/mol. The Morgan fingerprint density at radius 1 is 0.576 bits per heavy atom. The molecule has 6 rings (SSSR count). The van der Waals surface area contributed by atoms with Gasteiger partial charge in [-0.3, -0.25) is 4.79 Å². The largest absolute Gasteiger partial charge is 0.481 e. The van der Waals surface area contributed by atoms with Gasteiger partial charge in [0.25, 0.3) is 5.97 Å². The van der Waals surface area contributed by atoms with E-state index in [4.69, 9.17) is 9.90 Å². The molecule has 0 spiro atoms. The van der Waals surface area contributed by atoms with Crippen molar-refractivity contribution >= 4 is 52.1 Å². The zero-order chi connectivity index (χ0) is 23.2. The topological polar surface area (TPSA) is 54.4 Å². The van der Waals surface area contributed by atoms with Gasteiger partial charge in [0.2, 0.25) is 0 Å². The lowest BCUT2D eigenvalue weighted by Crippen LogP contribution is -2.01. The number of benzene rings is 4. The molecule has 2 heterocycles. The van der Waals surface area contributed by atoms with Crippen molar-refractivity contribution in [3.63, 3.8) is 0 Å². The Morgan fingerprint density at radius 3 is 1.15 bits per heavy atom. The first-order chi connectivity index (χ1) is 16.0. The Hall–Kier alpha value is -2.45. The molecule has 0 amide bonds. The van der Waals surface area contributed by atoms with E-state index in [1.807, 2.05) is 72.1 Å². The molecule has 4 aromatic rings. The Labute approximate surface area is 208 Å². The Kier molecular flexibility index (Phi) is 7.98. The van der Waals surface area contributed by atoms with Crippen LogP contribution >= 0.6 is 35.3 Å². The number of aliphatic carboxylic acids is 1. The molecular weight excluding hydrogens is 489 g/mol. The van der Waals surface area contributed by atoms with Gasteiger partial charge in [0.15, 0.2) is 0 Å². The summed E-state index contributed by atoms with van der Waals surface area (Å²) in [5.74, 6) is -0.833. The molecule has 7 heteroatoms. The molecule has 33 heavy (non-hydrogen) atoms. The van der Waals surface area contributed by atoms with E-state index in [1.54, 1.807) is 11.8 Å². The van der Waals surface area contributed by atoms with E-state index in [9.17, 15) is 4.21 Å². The Bertz CT molecular complexity index is 1180. The molecule has 0 saturated carbocycles. The summed E-state index contributed by atoms with van der Waals surface area (Å²) in [5, 5.41) is 7.42. The molecule has 0 atom stereocenters. The van der Waals surface area contributed by atoms with Crippen molar-refractivity contribution in [3.8, 4) is 0 Å². The molecule has 0 bridgehead atoms. The molecule has 0 aliphatic carbocycles. The van der Waals surface area contributed by atoms with Gasteiger partial charge in [0, 0.05) is 36.3 Å². The van der Waals surface area contributed by atoms with Crippen molar-refractivity contribution in [1.82, 2.24) is 0 Å². The molecule has 2 aliphatic rings. The SMILES string of the molecule is CC(=O)O.O=S1c2ccccc2Sc2ccccc21.c1ccc2c(c1)Sc1ccccc1S2. The van der Waals surface area contributed by atoms with Crippen LogP contribution in [0.4, 0.5) is 0 Å². The fourth-order valence-electron chi connectivity index (χ4n) is 3.09. The second-order valence-electron chi connectivity index (χ2n) is 6.88. The highest BCUT2D eigenvalue weighted by Crippen LogP contribution is 2.47. The number of rotatable bonds is 0. The van der Waals surface area contributed by atoms with Gasteiger partial charge in [0.05, 0.1) is 20.6 Å². The highest BCUT2D eigenvalue weighted by molar-refractivity contribution is 8.05. The molecule has 2 aliphatic heterocycles. The third kappa shape index (κ3) is 5.92. The van der Waals surface area contributed by atoms with E-state index >= 15 is 0 Å². The standard InChI is InChI=1S/C12H8OS2.C12H8S2.C2H4O2/c13-15-11-7-3-1-5-9(11)14-10-6-2-4-8-12(10)15;1-2-6-10-9(5-1)13-11-7-3-4-8-12(11)14-10;1-2(3)4/h1-8H;1-8H;1H3,(H,3,4). The number of hydrogen-bond donors (Lipinski definition) is 1. The summed E-state index contributed by atoms with van der Waals surface area (Å²) < 4.78 is 12.2. The van der Waals surface area contributed by atoms with E-state index in [0.29, 0.717) is 0 Å². The fraction of sp³-hybridized carbons (Fsp3) is 0.0385. The number of hydrogen-bond acceptors (Lipinski definition) is 5. The van der Waals surface area contributed by atoms with Crippen LogP contribution in [0.25, 0.3) is 0 Å². The first-order valence-corrected chi connectivity index (χ1v) is 13.6. The minimum Gasteiger partial charge on any atom is -0.481 e. The maximum absolute atomic E-state index is 12.2. The molecule has 0 aromatic heterocycles. The van der Waals surface area contributed by atoms with Crippen molar-refractivity contribution in [2.45, 2.75) is 46.1 Å². The van der Waals surface area contributed by atoms with E-state index in [2.05, 4.69) is 48.5 Å². The molecule has 0 saturated heterocycles. The summed E-state index contributed by atoms with van der Waals surface area (Å²) in [5.41, 5.74) is 0. The predicted octanol–water partition coefficient (Wildman–Crippen LogP) is 7.71. The van der Waals surface area contributed by atoms with Crippen LogP contribution < -0.4 is 0 Å². The van der Waals surface area contributed by atoms with Crippen LogP contribution in [0.5, 0.6) is 0 Å². The first kappa shape index (κ1) is 23.7. The van der Waals surface area contributed by atoms with Gasteiger partial charge in [-0.05, 0) is 48.5 Å². The van der Waals surface area contributed by atoms with Gasteiger partial charge in [-0.25, -0.2) is 4.21 Å². The summed E-state index contributed by atoms with van der Waals surface area (Å²) in [6.07, 6.45) is 0. The molecule has 166 valence electrons. The van der Waals surface area contributed by atoms with E-state index < -0.39 is 16.8 Å². The van der Waals surface area contributed by atoms with Gasteiger partial charge in [-0.1, -0.05) is 83.8 Å². The zero-order valence-corrected chi connectivity index (χ0v) is 20.9. The average Bonchev–Trinajstić information content (AvgIpc) is 2.83. The fourth-order valence-corrected chi connectivity index (χ4v) is 8.04. The normalized spacial score (nSPS) is 12.9. The van der Waals surface area contributed by atoms with Gasteiger partial charge >= 0.3 is 0 Å².